The highest BCUT2D eigenvalue weighted by Gasteiger charge is 2.20. The van der Waals surface area contributed by atoms with Gasteiger partial charge in [0.15, 0.2) is 11.8 Å². The molecule has 0 radical (unpaired) electrons. The molecule has 1 unspecified atom stereocenters. The van der Waals surface area contributed by atoms with E-state index in [2.05, 4.69) is 51.4 Å². The van der Waals surface area contributed by atoms with Crippen molar-refractivity contribution in [2.24, 2.45) is 10.9 Å². The summed E-state index contributed by atoms with van der Waals surface area (Å²) >= 11 is 0. The van der Waals surface area contributed by atoms with Crippen molar-refractivity contribution in [3.8, 4) is 0 Å². The molecule has 28 heavy (non-hydrogen) atoms. The van der Waals surface area contributed by atoms with E-state index in [-0.39, 0.29) is 30.1 Å². The number of nitrogens with one attached hydrogen (secondary N) is 2. The third kappa shape index (κ3) is 8.60. The first kappa shape index (κ1) is 25.1. The fourth-order valence-corrected chi connectivity index (χ4v) is 3.26. The van der Waals surface area contributed by atoms with Gasteiger partial charge < -0.3 is 24.8 Å². The van der Waals surface area contributed by atoms with Crippen molar-refractivity contribution in [1.82, 2.24) is 25.7 Å². The number of ether oxygens (including phenoxy) is 1. The zero-order valence-corrected chi connectivity index (χ0v) is 20.2. The second-order valence-electron chi connectivity index (χ2n) is 7.45. The first-order chi connectivity index (χ1) is 13.0. The largest absolute Gasteiger partial charge is 0.371 e. The van der Waals surface area contributed by atoms with Crippen LogP contribution in [0.25, 0.3) is 0 Å². The van der Waals surface area contributed by atoms with Gasteiger partial charge in [0.2, 0.25) is 5.89 Å². The smallest absolute Gasteiger partial charge is 0.248 e. The topological polar surface area (TPSA) is 87.8 Å². The number of guanidine groups is 1. The molecule has 1 fully saturated rings. The van der Waals surface area contributed by atoms with Crippen molar-refractivity contribution >= 4 is 29.9 Å². The maximum absolute atomic E-state index is 5.49. The summed E-state index contributed by atoms with van der Waals surface area (Å²) < 4.78 is 10.8. The molecule has 0 aromatic carbocycles. The molecule has 0 bridgehead atoms. The SMILES string of the molecule is CCNC(=NCc1nc(C(C)OCC)no1)NC1CCN(CC(C)C)CC1.I. The molecule has 9 heteroatoms. The molecule has 0 spiro atoms. The third-order valence-electron chi connectivity index (χ3n) is 4.53. The van der Waals surface area contributed by atoms with Crippen LogP contribution in [0.1, 0.15) is 65.3 Å². The van der Waals surface area contributed by atoms with E-state index in [0.29, 0.717) is 30.9 Å². The zero-order valence-electron chi connectivity index (χ0n) is 17.9. The lowest BCUT2D eigenvalue weighted by molar-refractivity contribution is 0.0683. The average molecular weight is 508 g/mol. The van der Waals surface area contributed by atoms with Gasteiger partial charge in [0, 0.05) is 38.8 Å². The van der Waals surface area contributed by atoms with Crippen molar-refractivity contribution in [1.29, 1.82) is 0 Å². The minimum atomic E-state index is -0.168. The van der Waals surface area contributed by atoms with Crippen molar-refractivity contribution in [3.63, 3.8) is 0 Å². The van der Waals surface area contributed by atoms with Crippen molar-refractivity contribution in [2.45, 2.75) is 66.2 Å². The highest BCUT2D eigenvalue weighted by atomic mass is 127. The molecule has 1 saturated heterocycles. The molecule has 1 aromatic rings. The van der Waals surface area contributed by atoms with Gasteiger partial charge in [-0.2, -0.15) is 4.98 Å². The Balaban J connectivity index is 0.00000392. The van der Waals surface area contributed by atoms with Crippen LogP contribution in [0.3, 0.4) is 0 Å². The molecule has 1 atom stereocenters. The lowest BCUT2D eigenvalue weighted by Gasteiger charge is -2.33. The van der Waals surface area contributed by atoms with Gasteiger partial charge in [0.1, 0.15) is 12.6 Å². The standard InChI is InChI=1S/C19H36N6O2.HI/c1-6-20-19(22-16-8-10-25(11-9-16)13-14(3)4)21-12-17-23-18(24-27-17)15(5)26-7-2;/h14-16H,6-13H2,1-5H3,(H2,20,21,22);1H. The molecule has 8 nitrogen and oxygen atoms in total. The maximum atomic E-state index is 5.49. The van der Waals surface area contributed by atoms with E-state index >= 15 is 0 Å². The van der Waals surface area contributed by atoms with Crippen LogP contribution in [0.2, 0.25) is 0 Å². The van der Waals surface area contributed by atoms with Crippen LogP contribution in [0, 0.1) is 5.92 Å². The van der Waals surface area contributed by atoms with Gasteiger partial charge in [-0.3, -0.25) is 0 Å². The first-order valence-corrected chi connectivity index (χ1v) is 10.2. The molecule has 2 rings (SSSR count). The second-order valence-corrected chi connectivity index (χ2v) is 7.45. The van der Waals surface area contributed by atoms with Gasteiger partial charge in [0.05, 0.1) is 0 Å². The third-order valence-corrected chi connectivity index (χ3v) is 4.53. The molecular weight excluding hydrogens is 471 g/mol. The minimum Gasteiger partial charge on any atom is -0.371 e. The molecule has 2 N–H and O–H groups in total. The minimum absolute atomic E-state index is 0. The monoisotopic (exact) mass is 508 g/mol. The summed E-state index contributed by atoms with van der Waals surface area (Å²) in [5, 5.41) is 10.8. The predicted molar refractivity (Wildman–Crippen MR) is 122 cm³/mol. The number of nitrogens with zero attached hydrogens (tertiary/aromatic N) is 4. The molecule has 162 valence electrons. The van der Waals surface area contributed by atoms with Crippen LogP contribution in [0.15, 0.2) is 9.52 Å². The number of hydrogen-bond donors (Lipinski definition) is 2. The Morgan fingerprint density at radius 1 is 1.29 bits per heavy atom. The molecule has 1 aliphatic rings. The van der Waals surface area contributed by atoms with E-state index in [0.717, 1.165) is 44.4 Å². The Kier molecular flexibility index (Phi) is 11.9. The van der Waals surface area contributed by atoms with Crippen LogP contribution in [-0.2, 0) is 11.3 Å². The van der Waals surface area contributed by atoms with Gasteiger partial charge in [0.25, 0.3) is 0 Å². The Bertz CT molecular complexity index is 573. The van der Waals surface area contributed by atoms with E-state index in [9.17, 15) is 0 Å². The normalized spacial score (nSPS) is 17.4. The van der Waals surface area contributed by atoms with Crippen molar-refractivity contribution in [2.75, 3.05) is 32.8 Å². The van der Waals surface area contributed by atoms with Gasteiger partial charge in [-0.25, -0.2) is 4.99 Å². The van der Waals surface area contributed by atoms with E-state index in [4.69, 9.17) is 9.26 Å². The number of rotatable bonds is 9. The van der Waals surface area contributed by atoms with Crippen LogP contribution in [0.5, 0.6) is 0 Å². The number of hydrogen-bond acceptors (Lipinski definition) is 6. The fourth-order valence-electron chi connectivity index (χ4n) is 3.26. The summed E-state index contributed by atoms with van der Waals surface area (Å²) in [7, 11) is 0. The molecule has 1 aliphatic heterocycles. The highest BCUT2D eigenvalue weighted by molar-refractivity contribution is 14.0. The van der Waals surface area contributed by atoms with E-state index < -0.39 is 0 Å². The summed E-state index contributed by atoms with van der Waals surface area (Å²) in [4.78, 5) is 11.5. The summed E-state index contributed by atoms with van der Waals surface area (Å²) in [6.45, 7) is 15.7. The van der Waals surface area contributed by atoms with Gasteiger partial charge in [-0.15, -0.1) is 24.0 Å². The number of likely N-dealkylation sites (tertiary alicyclic amines) is 1. The molecular formula is C19H37IN6O2. The summed E-state index contributed by atoms with van der Waals surface area (Å²) in [5.41, 5.74) is 0. The van der Waals surface area contributed by atoms with Gasteiger partial charge >= 0.3 is 0 Å². The second kappa shape index (κ2) is 13.3. The Morgan fingerprint density at radius 3 is 2.61 bits per heavy atom. The summed E-state index contributed by atoms with van der Waals surface area (Å²) in [5.74, 6) is 2.59. The van der Waals surface area contributed by atoms with E-state index in [1.54, 1.807) is 0 Å². The van der Waals surface area contributed by atoms with Crippen molar-refractivity contribution < 1.29 is 9.26 Å². The number of aliphatic imine (C=N–C) groups is 1. The van der Waals surface area contributed by atoms with Crippen LogP contribution in [0.4, 0.5) is 0 Å². The molecule has 0 amide bonds. The Morgan fingerprint density at radius 2 is 2.00 bits per heavy atom. The van der Waals surface area contributed by atoms with Crippen molar-refractivity contribution in [3.05, 3.63) is 11.7 Å². The molecule has 0 aliphatic carbocycles. The molecule has 0 saturated carbocycles. The van der Waals surface area contributed by atoms with Crippen LogP contribution < -0.4 is 10.6 Å². The predicted octanol–water partition coefficient (Wildman–Crippen LogP) is 2.96. The Labute approximate surface area is 186 Å². The summed E-state index contributed by atoms with van der Waals surface area (Å²) in [6.07, 6.45) is 2.10. The van der Waals surface area contributed by atoms with Gasteiger partial charge in [-0.05, 0) is 39.5 Å². The zero-order chi connectivity index (χ0) is 19.6. The van der Waals surface area contributed by atoms with Crippen LogP contribution in [-0.4, -0.2) is 59.8 Å². The van der Waals surface area contributed by atoms with E-state index in [1.165, 1.54) is 6.54 Å². The lowest BCUT2D eigenvalue weighted by Crippen LogP contribution is -2.49. The summed E-state index contributed by atoms with van der Waals surface area (Å²) in [6, 6.07) is 0.447. The number of halogens is 1. The lowest BCUT2D eigenvalue weighted by atomic mass is 10.0. The molecule has 2 heterocycles. The first-order valence-electron chi connectivity index (χ1n) is 10.2. The average Bonchev–Trinajstić information content (AvgIpc) is 3.10. The van der Waals surface area contributed by atoms with Crippen LogP contribution >= 0.6 is 24.0 Å². The highest BCUT2D eigenvalue weighted by Crippen LogP contribution is 2.14. The number of piperidine rings is 1. The Hall–Kier alpha value is -0.940. The van der Waals surface area contributed by atoms with Gasteiger partial charge in [-0.1, -0.05) is 19.0 Å². The van der Waals surface area contributed by atoms with E-state index in [1.807, 2.05) is 13.8 Å². The number of aromatic nitrogens is 2. The quantitative estimate of drug-likeness (QED) is 0.301. The fraction of sp³-hybridized carbons (Fsp3) is 0.842. The maximum Gasteiger partial charge on any atom is 0.248 e. The molecule has 1 aromatic heterocycles.